The van der Waals surface area contributed by atoms with E-state index in [1.165, 1.54) is 31.4 Å². The number of nitrogens with one attached hydrogen (secondary N) is 5. The third-order valence-corrected chi connectivity index (χ3v) is 7.86. The Bertz CT molecular complexity index is 855. The van der Waals surface area contributed by atoms with Gasteiger partial charge in [0.25, 0.3) is 0 Å². The molecule has 9 nitrogen and oxygen atoms in total. The van der Waals surface area contributed by atoms with Crippen LogP contribution in [0.15, 0.2) is 24.3 Å². The monoisotopic (exact) mass is 466 g/mol. The second kappa shape index (κ2) is 10.9. The van der Waals surface area contributed by atoms with Crippen LogP contribution in [0.4, 0.5) is 11.4 Å². The molecule has 5 N–H and O–H groups in total. The van der Waals surface area contributed by atoms with Crippen molar-refractivity contribution in [3.63, 3.8) is 0 Å². The minimum Gasteiger partial charge on any atom is -0.372 e. The highest BCUT2D eigenvalue weighted by atomic mass is 16.2. The lowest BCUT2D eigenvalue weighted by Gasteiger charge is -2.48. The Morgan fingerprint density at radius 3 is 2.44 bits per heavy atom. The van der Waals surface area contributed by atoms with E-state index in [1.54, 1.807) is 0 Å². The molecule has 1 aromatic carbocycles. The fourth-order valence-electron chi connectivity index (χ4n) is 5.86. The minimum absolute atomic E-state index is 0.0157. The number of piperidine rings is 1. The fourth-order valence-corrected chi connectivity index (χ4v) is 5.86. The van der Waals surface area contributed by atoms with Crippen molar-refractivity contribution in [1.29, 1.82) is 0 Å². The molecule has 4 aliphatic heterocycles. The van der Waals surface area contributed by atoms with E-state index >= 15 is 0 Å². The third-order valence-electron chi connectivity index (χ3n) is 7.86. The third kappa shape index (κ3) is 5.31. The number of hydrogen-bond donors (Lipinski definition) is 5. The van der Waals surface area contributed by atoms with Crippen LogP contribution in [0.2, 0.25) is 0 Å². The molecule has 4 atom stereocenters. The first kappa shape index (κ1) is 23.4. The number of fused-ring (bicyclic) bond motifs is 1. The van der Waals surface area contributed by atoms with E-state index in [0.29, 0.717) is 19.0 Å². The molecule has 4 heterocycles. The van der Waals surface area contributed by atoms with Crippen LogP contribution in [0.3, 0.4) is 0 Å². The Morgan fingerprint density at radius 2 is 1.74 bits per heavy atom. The number of carbonyl (C=O) groups is 1. The van der Waals surface area contributed by atoms with E-state index in [2.05, 4.69) is 65.7 Å². The summed E-state index contributed by atoms with van der Waals surface area (Å²) < 4.78 is 0. The van der Waals surface area contributed by atoms with Gasteiger partial charge in [-0.05, 0) is 49.9 Å². The van der Waals surface area contributed by atoms with Gasteiger partial charge >= 0.3 is 0 Å². The van der Waals surface area contributed by atoms with E-state index in [-0.39, 0.29) is 30.3 Å². The van der Waals surface area contributed by atoms with Crippen LogP contribution in [-0.2, 0) is 4.79 Å². The van der Waals surface area contributed by atoms with E-state index in [4.69, 9.17) is 6.57 Å². The fraction of sp³-hybridized carbons (Fsp3) is 0.680. The van der Waals surface area contributed by atoms with Crippen LogP contribution >= 0.6 is 0 Å². The van der Waals surface area contributed by atoms with Gasteiger partial charge in [-0.25, -0.2) is 12.0 Å². The zero-order valence-corrected chi connectivity index (χ0v) is 19.9. The topological polar surface area (TPSA) is 88.1 Å². The molecule has 0 aliphatic carbocycles. The number of anilines is 2. The molecule has 1 amide bonds. The van der Waals surface area contributed by atoms with Gasteiger partial charge in [0.1, 0.15) is 6.29 Å². The van der Waals surface area contributed by atoms with Crippen molar-refractivity contribution in [2.24, 2.45) is 11.8 Å². The molecule has 34 heavy (non-hydrogen) atoms. The van der Waals surface area contributed by atoms with Crippen molar-refractivity contribution in [3.8, 4) is 0 Å². The number of rotatable bonds is 5. The van der Waals surface area contributed by atoms with Gasteiger partial charge in [-0.3, -0.25) is 25.8 Å². The van der Waals surface area contributed by atoms with Crippen LogP contribution in [-0.4, -0.2) is 68.6 Å². The van der Waals surface area contributed by atoms with Gasteiger partial charge in [-0.1, -0.05) is 12.8 Å². The number of hydrogen-bond acceptors (Lipinski definition) is 7. The second-order valence-electron chi connectivity index (χ2n) is 10.1. The molecule has 4 saturated heterocycles. The molecule has 0 radical (unpaired) electrons. The van der Waals surface area contributed by atoms with Crippen LogP contribution in [0.1, 0.15) is 38.5 Å². The Hall–Kier alpha value is -2.38. The van der Waals surface area contributed by atoms with Gasteiger partial charge in [0, 0.05) is 56.1 Å². The van der Waals surface area contributed by atoms with Gasteiger partial charge in [0.2, 0.25) is 12.5 Å². The normalized spacial score (nSPS) is 31.1. The first-order valence-electron chi connectivity index (χ1n) is 12.9. The number of amides is 1. The van der Waals surface area contributed by atoms with Crippen molar-refractivity contribution in [2.45, 2.75) is 57.0 Å². The lowest BCUT2D eigenvalue weighted by atomic mass is 9.91. The number of nitrogens with zero attached hydrogens (tertiary/aromatic N) is 3. The highest BCUT2D eigenvalue weighted by molar-refractivity contribution is 5.81. The van der Waals surface area contributed by atoms with Crippen LogP contribution < -0.4 is 31.7 Å². The lowest BCUT2D eigenvalue weighted by Crippen LogP contribution is -2.76. The van der Waals surface area contributed by atoms with Crippen LogP contribution in [0.25, 0.3) is 4.85 Å². The molecular weight excluding hydrogens is 428 g/mol. The summed E-state index contributed by atoms with van der Waals surface area (Å²) in [4.78, 5) is 21.3. The summed E-state index contributed by atoms with van der Waals surface area (Å²) in [6.45, 7) is 12.6. The van der Waals surface area contributed by atoms with Crippen LogP contribution in [0, 0.1) is 18.4 Å². The summed E-state index contributed by atoms with van der Waals surface area (Å²) in [6.07, 6.45) is 7.12. The summed E-state index contributed by atoms with van der Waals surface area (Å²) in [7, 11) is 0. The molecule has 0 saturated carbocycles. The van der Waals surface area contributed by atoms with Crippen molar-refractivity contribution in [1.82, 2.24) is 26.4 Å². The standard InChI is InChI=1S/C25H38N8O/c1-26-16-18-10-14-32(15-11-18)20-8-6-19(7-9-20)28-23-22-21(17-27-31-24(22)34)29-25(30-23)33-12-4-2-3-5-13-33/h6-9,18,21-23,25,27-30H,2-5,10-17H2,(H,31,34). The molecule has 184 valence electrons. The van der Waals surface area contributed by atoms with Crippen molar-refractivity contribution >= 4 is 17.3 Å². The molecule has 4 fully saturated rings. The maximum Gasteiger partial charge on any atom is 0.242 e. The Balaban J connectivity index is 1.25. The first-order valence-corrected chi connectivity index (χ1v) is 12.9. The lowest BCUT2D eigenvalue weighted by molar-refractivity contribution is -0.132. The smallest absolute Gasteiger partial charge is 0.242 e. The predicted molar refractivity (Wildman–Crippen MR) is 134 cm³/mol. The highest BCUT2D eigenvalue weighted by Crippen LogP contribution is 2.27. The zero-order valence-electron chi connectivity index (χ0n) is 19.9. The molecule has 9 heteroatoms. The average Bonchev–Trinajstić information content (AvgIpc) is 3.15. The summed E-state index contributed by atoms with van der Waals surface area (Å²) in [5.74, 6) is 0.356. The number of likely N-dealkylation sites (tertiary alicyclic amines) is 1. The predicted octanol–water partition coefficient (Wildman–Crippen LogP) is 1.53. The summed E-state index contributed by atoms with van der Waals surface area (Å²) in [5, 5.41) is 11.0. The number of hydrazine groups is 1. The SMILES string of the molecule is [C-]#[N+]CC1CCN(c2ccc(NC3NC(N4CCCCCC4)NC4CNNC(=O)C43)cc2)CC1. The number of carbonyl (C=O) groups excluding carboxylic acids is 1. The van der Waals surface area contributed by atoms with Gasteiger partial charge in [0.15, 0.2) is 0 Å². The van der Waals surface area contributed by atoms with Crippen molar-refractivity contribution in [2.75, 3.05) is 49.5 Å². The van der Waals surface area contributed by atoms with Crippen molar-refractivity contribution in [3.05, 3.63) is 35.7 Å². The van der Waals surface area contributed by atoms with Gasteiger partial charge < -0.3 is 15.1 Å². The quantitative estimate of drug-likeness (QED) is 0.421. The minimum atomic E-state index is -0.203. The van der Waals surface area contributed by atoms with E-state index in [9.17, 15) is 4.79 Å². The maximum atomic E-state index is 12.8. The summed E-state index contributed by atoms with van der Waals surface area (Å²) >= 11 is 0. The zero-order chi connectivity index (χ0) is 23.3. The summed E-state index contributed by atoms with van der Waals surface area (Å²) in [6, 6.07) is 8.66. The molecule has 0 bridgehead atoms. The van der Waals surface area contributed by atoms with E-state index in [1.807, 2.05) is 0 Å². The van der Waals surface area contributed by atoms with Gasteiger partial charge in [-0.2, -0.15) is 0 Å². The maximum absolute atomic E-state index is 12.8. The van der Waals surface area contributed by atoms with E-state index in [0.717, 1.165) is 44.7 Å². The van der Waals surface area contributed by atoms with Crippen molar-refractivity contribution < 1.29 is 4.79 Å². The Morgan fingerprint density at radius 1 is 1.00 bits per heavy atom. The number of benzene rings is 1. The molecule has 5 rings (SSSR count). The largest absolute Gasteiger partial charge is 0.372 e. The van der Waals surface area contributed by atoms with Gasteiger partial charge in [0.05, 0.1) is 12.1 Å². The van der Waals surface area contributed by atoms with E-state index < -0.39 is 0 Å². The second-order valence-corrected chi connectivity index (χ2v) is 10.1. The highest BCUT2D eigenvalue weighted by Gasteiger charge is 2.44. The molecule has 4 unspecified atom stereocenters. The molecular formula is C25H38N8O. The summed E-state index contributed by atoms with van der Waals surface area (Å²) in [5.41, 5.74) is 8.12. The molecule has 0 aromatic heterocycles. The van der Waals surface area contributed by atoms with Crippen LogP contribution in [0.5, 0.6) is 0 Å². The molecule has 1 aromatic rings. The molecule has 4 aliphatic rings. The molecule has 0 spiro atoms. The Labute approximate surface area is 202 Å². The van der Waals surface area contributed by atoms with Gasteiger partial charge in [-0.15, -0.1) is 0 Å². The first-order chi connectivity index (χ1) is 16.7. The Kier molecular flexibility index (Phi) is 7.50. The average molecular weight is 467 g/mol.